The molecule has 0 saturated carbocycles. The fraction of sp³-hybridized carbons (Fsp3) is 0.412. The van der Waals surface area contributed by atoms with Crippen molar-refractivity contribution in [2.75, 3.05) is 0 Å². The molecule has 19 heavy (non-hydrogen) atoms. The molecule has 0 amide bonds. The van der Waals surface area contributed by atoms with Gasteiger partial charge < -0.3 is 0 Å². The molecule has 2 atom stereocenters. The van der Waals surface area contributed by atoms with Gasteiger partial charge in [0.1, 0.15) is 0 Å². The minimum Gasteiger partial charge on any atom is -0.289 e. The molecule has 2 heterocycles. The van der Waals surface area contributed by atoms with E-state index in [1.165, 1.54) is 5.56 Å². The van der Waals surface area contributed by atoms with Gasteiger partial charge in [-0.05, 0) is 43.2 Å². The van der Waals surface area contributed by atoms with Crippen molar-refractivity contribution in [2.24, 2.45) is 10.9 Å². The van der Waals surface area contributed by atoms with Gasteiger partial charge in [0, 0.05) is 18.6 Å². The largest absolute Gasteiger partial charge is 0.289 e. The minimum atomic E-state index is 0.204. The van der Waals surface area contributed by atoms with Gasteiger partial charge in [-0.2, -0.15) is 0 Å². The molecule has 2 heteroatoms. The van der Waals surface area contributed by atoms with Gasteiger partial charge in [-0.1, -0.05) is 37.3 Å². The molecule has 0 radical (unpaired) electrons. The molecule has 0 saturated heterocycles. The lowest BCUT2D eigenvalue weighted by molar-refractivity contribution is 0.716. The van der Waals surface area contributed by atoms with E-state index in [1.807, 2.05) is 18.5 Å². The Bertz CT molecular complexity index is 446. The number of aromatic nitrogens is 1. The Morgan fingerprint density at radius 3 is 2.58 bits per heavy atom. The van der Waals surface area contributed by atoms with Crippen LogP contribution in [0.4, 0.5) is 0 Å². The van der Waals surface area contributed by atoms with Crippen LogP contribution in [0, 0.1) is 5.92 Å². The molecule has 100 valence electrons. The van der Waals surface area contributed by atoms with Crippen LogP contribution in [0.5, 0.6) is 0 Å². The predicted octanol–water partition coefficient (Wildman–Crippen LogP) is 4.52. The summed E-state index contributed by atoms with van der Waals surface area (Å²) in [4.78, 5) is 8.96. The first-order valence-electron chi connectivity index (χ1n) is 7.09. The summed E-state index contributed by atoms with van der Waals surface area (Å²) in [6, 6.07) is 4.30. The molecular weight excluding hydrogens is 232 g/mol. The topological polar surface area (TPSA) is 25.2 Å². The van der Waals surface area contributed by atoms with E-state index in [2.05, 4.69) is 48.5 Å². The average Bonchev–Trinajstić information content (AvgIpc) is 2.44. The maximum atomic E-state index is 4.76. The van der Waals surface area contributed by atoms with Crippen LogP contribution in [0.2, 0.25) is 0 Å². The van der Waals surface area contributed by atoms with Gasteiger partial charge >= 0.3 is 0 Å². The highest BCUT2D eigenvalue weighted by Gasteiger charge is 2.08. The van der Waals surface area contributed by atoms with Crippen LogP contribution in [0.25, 0.3) is 0 Å². The number of pyridine rings is 1. The third-order valence-electron chi connectivity index (χ3n) is 3.29. The number of hydrogen-bond acceptors (Lipinski definition) is 2. The van der Waals surface area contributed by atoms with Crippen molar-refractivity contribution in [2.45, 2.75) is 38.6 Å². The molecule has 2 rings (SSSR count). The SMILES string of the molecule is CC1C=NC(c2cccnc2)C/C=C/CC/C=C/C1. The average molecular weight is 254 g/mol. The van der Waals surface area contributed by atoms with E-state index in [1.54, 1.807) is 0 Å². The summed E-state index contributed by atoms with van der Waals surface area (Å²) >= 11 is 0. The van der Waals surface area contributed by atoms with Crippen molar-refractivity contribution < 1.29 is 0 Å². The minimum absolute atomic E-state index is 0.204. The molecular formula is C17H22N2. The molecule has 1 aliphatic heterocycles. The van der Waals surface area contributed by atoms with Crippen molar-refractivity contribution in [1.82, 2.24) is 4.98 Å². The first kappa shape index (κ1) is 13.7. The lowest BCUT2D eigenvalue weighted by atomic mass is 10.0. The number of nitrogens with zero attached hydrogens (tertiary/aromatic N) is 2. The van der Waals surface area contributed by atoms with E-state index in [0.717, 1.165) is 25.7 Å². The van der Waals surface area contributed by atoms with Gasteiger partial charge in [-0.15, -0.1) is 0 Å². The zero-order valence-corrected chi connectivity index (χ0v) is 11.6. The molecule has 0 fully saturated rings. The van der Waals surface area contributed by atoms with Crippen molar-refractivity contribution >= 4 is 6.21 Å². The Hall–Kier alpha value is -1.70. The highest BCUT2D eigenvalue weighted by atomic mass is 14.8. The Morgan fingerprint density at radius 1 is 1.05 bits per heavy atom. The van der Waals surface area contributed by atoms with Gasteiger partial charge in [-0.25, -0.2) is 0 Å². The molecule has 0 spiro atoms. The van der Waals surface area contributed by atoms with E-state index < -0.39 is 0 Å². The fourth-order valence-corrected chi connectivity index (χ4v) is 2.13. The van der Waals surface area contributed by atoms with Crippen LogP contribution in [0.3, 0.4) is 0 Å². The molecule has 0 N–H and O–H groups in total. The van der Waals surface area contributed by atoms with Crippen LogP contribution >= 0.6 is 0 Å². The van der Waals surface area contributed by atoms with Gasteiger partial charge in [0.05, 0.1) is 6.04 Å². The van der Waals surface area contributed by atoms with E-state index in [0.29, 0.717) is 5.92 Å². The van der Waals surface area contributed by atoms with Crippen LogP contribution in [-0.4, -0.2) is 11.2 Å². The fourth-order valence-electron chi connectivity index (χ4n) is 2.13. The summed E-state index contributed by atoms with van der Waals surface area (Å²) in [6.45, 7) is 2.22. The first-order valence-corrected chi connectivity index (χ1v) is 7.09. The third kappa shape index (κ3) is 4.82. The van der Waals surface area contributed by atoms with Gasteiger partial charge in [-0.3, -0.25) is 9.98 Å². The quantitative estimate of drug-likeness (QED) is 0.677. The van der Waals surface area contributed by atoms with E-state index in [-0.39, 0.29) is 6.04 Å². The maximum absolute atomic E-state index is 4.76. The lowest BCUT2D eigenvalue weighted by Gasteiger charge is -2.12. The van der Waals surface area contributed by atoms with Crippen LogP contribution in [0.15, 0.2) is 53.8 Å². The van der Waals surface area contributed by atoms with Crippen LogP contribution in [-0.2, 0) is 0 Å². The van der Waals surface area contributed by atoms with E-state index in [9.17, 15) is 0 Å². The summed E-state index contributed by atoms with van der Waals surface area (Å²) in [5.74, 6) is 0.499. The van der Waals surface area contributed by atoms with E-state index >= 15 is 0 Å². The maximum Gasteiger partial charge on any atom is 0.0794 e. The Labute approximate surface area is 116 Å². The lowest BCUT2D eigenvalue weighted by Crippen LogP contribution is -2.00. The highest BCUT2D eigenvalue weighted by Crippen LogP contribution is 2.21. The normalized spacial score (nSPS) is 28.1. The molecule has 1 aromatic rings. The molecule has 1 aromatic heterocycles. The second-order valence-electron chi connectivity index (χ2n) is 5.07. The Balaban J connectivity index is 2.14. The standard InChI is InChI=1S/C17H22N2/c1-15-9-6-4-2-3-5-7-11-17(19-13-15)16-10-8-12-18-14-16/h4-8,10,12-15,17H,2-3,9,11H2,1H3/b6-4+,7-5+,19-13?. The van der Waals surface area contributed by atoms with Gasteiger partial charge in [0.25, 0.3) is 0 Å². The predicted molar refractivity (Wildman–Crippen MR) is 81.4 cm³/mol. The zero-order valence-electron chi connectivity index (χ0n) is 11.6. The molecule has 0 bridgehead atoms. The van der Waals surface area contributed by atoms with E-state index in [4.69, 9.17) is 4.99 Å². The molecule has 1 aliphatic rings. The van der Waals surface area contributed by atoms with Crippen molar-refractivity contribution in [3.63, 3.8) is 0 Å². The Morgan fingerprint density at radius 2 is 1.84 bits per heavy atom. The molecule has 2 nitrogen and oxygen atoms in total. The molecule has 0 aromatic carbocycles. The second kappa shape index (κ2) is 7.67. The summed E-state index contributed by atoms with van der Waals surface area (Å²) in [7, 11) is 0. The van der Waals surface area contributed by atoms with Gasteiger partial charge in [0.2, 0.25) is 0 Å². The summed E-state index contributed by atoms with van der Waals surface area (Å²) in [5.41, 5.74) is 1.20. The first-order chi connectivity index (χ1) is 9.36. The van der Waals surface area contributed by atoms with Crippen LogP contribution in [0.1, 0.15) is 44.2 Å². The van der Waals surface area contributed by atoms with Crippen molar-refractivity contribution in [3.8, 4) is 0 Å². The molecule has 0 aliphatic carbocycles. The number of hydrogen-bond donors (Lipinski definition) is 0. The highest BCUT2D eigenvalue weighted by molar-refractivity contribution is 5.61. The zero-order chi connectivity index (χ0) is 13.3. The third-order valence-corrected chi connectivity index (χ3v) is 3.29. The summed E-state index contributed by atoms with van der Waals surface area (Å²) in [6.07, 6.45) is 19.2. The summed E-state index contributed by atoms with van der Waals surface area (Å²) in [5, 5.41) is 0. The molecule has 2 unspecified atom stereocenters. The summed E-state index contributed by atoms with van der Waals surface area (Å²) < 4.78 is 0. The van der Waals surface area contributed by atoms with Gasteiger partial charge in [0.15, 0.2) is 0 Å². The number of aliphatic imine (C=N–C) groups is 1. The Kier molecular flexibility index (Phi) is 5.54. The van der Waals surface area contributed by atoms with Crippen LogP contribution < -0.4 is 0 Å². The van der Waals surface area contributed by atoms with Crippen molar-refractivity contribution in [3.05, 3.63) is 54.4 Å². The number of allylic oxidation sites excluding steroid dienone is 3. The second-order valence-corrected chi connectivity index (χ2v) is 5.07. The monoisotopic (exact) mass is 254 g/mol. The smallest absolute Gasteiger partial charge is 0.0794 e. The van der Waals surface area contributed by atoms with Crippen molar-refractivity contribution in [1.29, 1.82) is 0 Å². The number of rotatable bonds is 1.